The van der Waals surface area contributed by atoms with Crippen molar-refractivity contribution in [1.29, 1.82) is 0 Å². The van der Waals surface area contributed by atoms with Crippen molar-refractivity contribution in [2.75, 3.05) is 20.7 Å². The number of amides is 4. The van der Waals surface area contributed by atoms with Crippen molar-refractivity contribution in [1.82, 2.24) is 20.7 Å². The number of carbonyl (C=O) groups excluding carboxylic acids is 3. The molecular weight excluding hydrogens is 408 g/mol. The van der Waals surface area contributed by atoms with Gasteiger partial charge in [0.2, 0.25) is 0 Å². The number of nitrogens with one attached hydrogen (secondary N) is 2. The molecule has 2 unspecified atom stereocenters. The number of hydrogen-bond acceptors (Lipinski definition) is 5. The third kappa shape index (κ3) is 5.08. The summed E-state index contributed by atoms with van der Waals surface area (Å²) in [6.45, 7) is 3.63. The number of hydrogen-bond donors (Lipinski definition) is 2. The molecular formula is C24H30N4O4. The van der Waals surface area contributed by atoms with Crippen molar-refractivity contribution in [3.8, 4) is 5.75 Å². The van der Waals surface area contributed by atoms with E-state index in [1.807, 2.05) is 66.4 Å². The van der Waals surface area contributed by atoms with Crippen molar-refractivity contribution in [3.05, 3.63) is 65.7 Å². The number of methoxy groups -OCH3 is 1. The Balaban J connectivity index is 1.59. The number of imide groups is 1. The normalized spacial score (nSPS) is 19.1. The van der Waals surface area contributed by atoms with E-state index in [9.17, 15) is 14.4 Å². The molecule has 1 aliphatic heterocycles. The fourth-order valence-corrected chi connectivity index (χ4v) is 3.77. The van der Waals surface area contributed by atoms with Gasteiger partial charge in [0.25, 0.3) is 11.8 Å². The van der Waals surface area contributed by atoms with Gasteiger partial charge in [-0.05, 0) is 45.4 Å². The first-order valence-electron chi connectivity index (χ1n) is 10.6. The zero-order chi connectivity index (χ0) is 23.3. The molecule has 8 nitrogen and oxygen atoms in total. The number of benzene rings is 2. The molecule has 3 rings (SSSR count). The standard InChI is InChI=1S/C24H30N4O4/c1-17(19-12-8-9-13-20(19)32-4)27(3)16-21(29)26-28-22(30)24(2,25-23(28)31)15-14-18-10-6-5-7-11-18/h5-13,17H,14-16H2,1-4H3,(H,25,31)(H,26,29). The van der Waals surface area contributed by atoms with E-state index in [1.165, 1.54) is 0 Å². The van der Waals surface area contributed by atoms with Gasteiger partial charge in [0, 0.05) is 11.6 Å². The Kier molecular flexibility index (Phi) is 7.15. The fourth-order valence-electron chi connectivity index (χ4n) is 3.77. The number of rotatable bonds is 9. The highest BCUT2D eigenvalue weighted by Gasteiger charge is 2.48. The molecule has 2 aromatic rings. The van der Waals surface area contributed by atoms with Crippen molar-refractivity contribution in [2.24, 2.45) is 0 Å². The number of carbonyl (C=O) groups is 3. The van der Waals surface area contributed by atoms with Crippen LogP contribution in [0.1, 0.15) is 37.4 Å². The topological polar surface area (TPSA) is 91.0 Å². The van der Waals surface area contributed by atoms with Crippen LogP contribution < -0.4 is 15.5 Å². The molecule has 2 aromatic carbocycles. The van der Waals surface area contributed by atoms with Gasteiger partial charge in [0.05, 0.1) is 13.7 Å². The number of aryl methyl sites for hydroxylation is 1. The number of hydrazine groups is 1. The Morgan fingerprint density at radius 3 is 2.50 bits per heavy atom. The molecule has 1 saturated heterocycles. The highest BCUT2D eigenvalue weighted by atomic mass is 16.5. The lowest BCUT2D eigenvalue weighted by Gasteiger charge is -2.26. The second-order valence-electron chi connectivity index (χ2n) is 8.26. The average molecular weight is 439 g/mol. The molecule has 1 aliphatic rings. The predicted molar refractivity (Wildman–Crippen MR) is 121 cm³/mol. The summed E-state index contributed by atoms with van der Waals surface area (Å²) in [4.78, 5) is 39.8. The first kappa shape index (κ1) is 23.3. The lowest BCUT2D eigenvalue weighted by atomic mass is 9.93. The van der Waals surface area contributed by atoms with Crippen molar-refractivity contribution >= 4 is 17.8 Å². The summed E-state index contributed by atoms with van der Waals surface area (Å²) in [5.41, 5.74) is 3.40. The first-order chi connectivity index (χ1) is 15.2. The molecule has 32 heavy (non-hydrogen) atoms. The summed E-state index contributed by atoms with van der Waals surface area (Å²) >= 11 is 0. The molecule has 2 atom stereocenters. The van der Waals surface area contributed by atoms with Crippen LogP contribution in [0.25, 0.3) is 0 Å². The van der Waals surface area contributed by atoms with Gasteiger partial charge in [-0.1, -0.05) is 48.5 Å². The summed E-state index contributed by atoms with van der Waals surface area (Å²) in [6.07, 6.45) is 1.06. The molecule has 1 fully saturated rings. The molecule has 0 spiro atoms. The Labute approximate surface area is 188 Å². The summed E-state index contributed by atoms with van der Waals surface area (Å²) in [5, 5.41) is 3.50. The first-order valence-corrected chi connectivity index (χ1v) is 10.6. The molecule has 8 heteroatoms. The van der Waals surface area contributed by atoms with Gasteiger partial charge >= 0.3 is 6.03 Å². The number of ether oxygens (including phenoxy) is 1. The number of urea groups is 1. The van der Waals surface area contributed by atoms with Crippen LogP contribution in [0, 0.1) is 0 Å². The summed E-state index contributed by atoms with van der Waals surface area (Å²) in [6, 6.07) is 16.6. The van der Waals surface area contributed by atoms with E-state index < -0.39 is 23.4 Å². The van der Waals surface area contributed by atoms with Gasteiger partial charge in [-0.2, -0.15) is 5.01 Å². The van der Waals surface area contributed by atoms with E-state index in [0.29, 0.717) is 12.8 Å². The van der Waals surface area contributed by atoms with Crippen LogP contribution in [0.5, 0.6) is 5.75 Å². The van der Waals surface area contributed by atoms with Gasteiger partial charge < -0.3 is 10.1 Å². The van der Waals surface area contributed by atoms with Crippen molar-refractivity contribution < 1.29 is 19.1 Å². The number of para-hydroxylation sites is 1. The minimum Gasteiger partial charge on any atom is -0.496 e. The Morgan fingerprint density at radius 1 is 1.16 bits per heavy atom. The third-order valence-electron chi connectivity index (χ3n) is 5.90. The van der Waals surface area contributed by atoms with Gasteiger partial charge in [0.1, 0.15) is 11.3 Å². The predicted octanol–water partition coefficient (Wildman–Crippen LogP) is 2.66. The summed E-state index contributed by atoms with van der Waals surface area (Å²) < 4.78 is 5.40. The Bertz CT molecular complexity index is 981. The maximum Gasteiger partial charge on any atom is 0.344 e. The molecule has 170 valence electrons. The molecule has 0 radical (unpaired) electrons. The van der Waals surface area contributed by atoms with Crippen LogP contribution in [0.15, 0.2) is 54.6 Å². The van der Waals surface area contributed by atoms with Crippen LogP contribution in [0.3, 0.4) is 0 Å². The summed E-state index contributed by atoms with van der Waals surface area (Å²) in [5.74, 6) is -0.187. The van der Waals surface area contributed by atoms with E-state index in [2.05, 4.69) is 10.7 Å². The third-order valence-corrected chi connectivity index (χ3v) is 5.90. The monoisotopic (exact) mass is 438 g/mol. The molecule has 2 N–H and O–H groups in total. The lowest BCUT2D eigenvalue weighted by Crippen LogP contribution is -2.51. The van der Waals surface area contributed by atoms with Crippen LogP contribution in [0.4, 0.5) is 4.79 Å². The highest BCUT2D eigenvalue weighted by molar-refractivity contribution is 6.07. The quantitative estimate of drug-likeness (QED) is 0.588. The van der Waals surface area contributed by atoms with E-state index in [0.717, 1.165) is 21.9 Å². The maximum absolute atomic E-state index is 12.9. The van der Waals surface area contributed by atoms with Gasteiger partial charge in [-0.3, -0.25) is 19.9 Å². The second kappa shape index (κ2) is 9.82. The Morgan fingerprint density at radius 2 is 1.81 bits per heavy atom. The van der Waals surface area contributed by atoms with E-state index >= 15 is 0 Å². The minimum absolute atomic E-state index is 0.00297. The minimum atomic E-state index is -1.07. The number of nitrogens with zero attached hydrogens (tertiary/aromatic N) is 2. The summed E-state index contributed by atoms with van der Waals surface area (Å²) in [7, 11) is 3.40. The zero-order valence-corrected chi connectivity index (χ0v) is 18.9. The molecule has 0 aliphatic carbocycles. The average Bonchev–Trinajstić information content (AvgIpc) is 3.01. The largest absolute Gasteiger partial charge is 0.496 e. The lowest BCUT2D eigenvalue weighted by molar-refractivity contribution is -0.139. The van der Waals surface area contributed by atoms with Crippen LogP contribution in [-0.2, 0) is 16.0 Å². The van der Waals surface area contributed by atoms with Gasteiger partial charge in [-0.25, -0.2) is 4.79 Å². The smallest absolute Gasteiger partial charge is 0.344 e. The van der Waals surface area contributed by atoms with E-state index in [4.69, 9.17) is 4.74 Å². The van der Waals surface area contributed by atoms with Crippen LogP contribution in [-0.4, -0.2) is 54.0 Å². The van der Waals surface area contributed by atoms with E-state index in [1.54, 1.807) is 21.1 Å². The van der Waals surface area contributed by atoms with Gasteiger partial charge in [0.15, 0.2) is 0 Å². The molecule has 0 aromatic heterocycles. The molecule has 0 bridgehead atoms. The van der Waals surface area contributed by atoms with Crippen molar-refractivity contribution in [3.63, 3.8) is 0 Å². The number of likely N-dealkylation sites (N-methyl/N-ethyl adjacent to an activating group) is 1. The molecule has 4 amide bonds. The molecule has 0 saturated carbocycles. The SMILES string of the molecule is COc1ccccc1C(C)N(C)CC(=O)NN1C(=O)NC(C)(CCc2ccccc2)C1=O. The highest BCUT2D eigenvalue weighted by Crippen LogP contribution is 2.28. The zero-order valence-electron chi connectivity index (χ0n) is 18.9. The molecule has 1 heterocycles. The van der Waals surface area contributed by atoms with Crippen LogP contribution in [0.2, 0.25) is 0 Å². The Hall–Kier alpha value is -3.39. The van der Waals surface area contributed by atoms with Crippen LogP contribution >= 0.6 is 0 Å². The van der Waals surface area contributed by atoms with Gasteiger partial charge in [-0.15, -0.1) is 0 Å². The second-order valence-corrected chi connectivity index (χ2v) is 8.26. The van der Waals surface area contributed by atoms with E-state index in [-0.39, 0.29) is 12.6 Å². The maximum atomic E-state index is 12.9. The fraction of sp³-hybridized carbons (Fsp3) is 0.375. The van der Waals surface area contributed by atoms with Crippen molar-refractivity contribution in [2.45, 2.75) is 38.3 Å².